The lowest BCUT2D eigenvalue weighted by atomic mass is 10.1. The number of hydrogen-bond donors (Lipinski definition) is 0. The molecule has 0 amide bonds. The van der Waals surface area contributed by atoms with Gasteiger partial charge in [0, 0.05) is 18.9 Å². The fourth-order valence-electron chi connectivity index (χ4n) is 1.41. The van der Waals surface area contributed by atoms with Crippen LogP contribution in [-0.2, 0) is 4.74 Å². The number of thiazole rings is 1. The van der Waals surface area contributed by atoms with Gasteiger partial charge >= 0.3 is 0 Å². The molecule has 0 spiro atoms. The van der Waals surface area contributed by atoms with Crippen molar-refractivity contribution >= 4 is 21.7 Å². The topological polar surface area (TPSA) is 35.0 Å². The summed E-state index contributed by atoms with van der Waals surface area (Å²) in [5.74, 6) is 0. The number of aromatic nitrogens is 2. The molecule has 0 saturated carbocycles. The van der Waals surface area contributed by atoms with Crippen LogP contribution in [0.2, 0.25) is 0 Å². The Hall–Kier alpha value is -1.00. The lowest BCUT2D eigenvalue weighted by Crippen LogP contribution is -1.97. The number of nitrogens with zero attached hydrogens (tertiary/aromatic N) is 2. The van der Waals surface area contributed by atoms with E-state index in [2.05, 4.69) is 9.97 Å². The highest BCUT2D eigenvalue weighted by Crippen LogP contribution is 2.27. The van der Waals surface area contributed by atoms with Crippen LogP contribution in [0.1, 0.15) is 23.6 Å². The summed E-state index contributed by atoms with van der Waals surface area (Å²) in [7, 11) is 1.70. The van der Waals surface area contributed by atoms with Gasteiger partial charge in [-0.2, -0.15) is 0 Å². The zero-order valence-electron chi connectivity index (χ0n) is 8.44. The highest BCUT2D eigenvalue weighted by Gasteiger charge is 2.11. The number of rotatable bonds is 2. The molecule has 3 nitrogen and oxygen atoms in total. The number of ether oxygens (including phenoxy) is 1. The largest absolute Gasteiger partial charge is 0.377 e. The maximum atomic E-state index is 5.29. The molecule has 2 heterocycles. The minimum atomic E-state index is 0.0713. The van der Waals surface area contributed by atoms with Crippen molar-refractivity contribution in [1.29, 1.82) is 0 Å². The van der Waals surface area contributed by atoms with Crippen molar-refractivity contribution in [3.63, 3.8) is 0 Å². The molecule has 14 heavy (non-hydrogen) atoms. The van der Waals surface area contributed by atoms with Gasteiger partial charge in [-0.05, 0) is 19.9 Å². The fourth-order valence-corrected chi connectivity index (χ4v) is 2.20. The number of methoxy groups -OCH3 is 1. The maximum Gasteiger partial charge on any atom is 0.143 e. The molecule has 4 heteroatoms. The lowest BCUT2D eigenvalue weighted by molar-refractivity contribution is 0.120. The van der Waals surface area contributed by atoms with Crippen molar-refractivity contribution in [3.8, 4) is 0 Å². The number of aryl methyl sites for hydroxylation is 1. The van der Waals surface area contributed by atoms with Crippen molar-refractivity contribution in [2.75, 3.05) is 7.11 Å². The van der Waals surface area contributed by atoms with E-state index >= 15 is 0 Å². The minimum Gasteiger partial charge on any atom is -0.377 e. The lowest BCUT2D eigenvalue weighted by Gasteiger charge is -2.09. The molecule has 0 aliphatic carbocycles. The molecule has 0 N–H and O–H groups in total. The van der Waals surface area contributed by atoms with E-state index < -0.39 is 0 Å². The fraction of sp³-hybridized carbons (Fsp3) is 0.400. The van der Waals surface area contributed by atoms with Gasteiger partial charge in [0.05, 0.1) is 11.1 Å². The Morgan fingerprint density at radius 3 is 3.00 bits per heavy atom. The first-order valence-corrected chi connectivity index (χ1v) is 5.29. The number of pyridine rings is 1. The highest BCUT2D eigenvalue weighted by atomic mass is 32.1. The predicted octanol–water partition coefficient (Wildman–Crippen LogP) is 2.71. The predicted molar refractivity (Wildman–Crippen MR) is 57.6 cm³/mol. The average molecular weight is 208 g/mol. The molecule has 2 aromatic heterocycles. The second-order valence-corrected chi connectivity index (χ2v) is 4.35. The average Bonchev–Trinajstić information content (AvgIpc) is 2.56. The van der Waals surface area contributed by atoms with Gasteiger partial charge in [-0.25, -0.2) is 9.97 Å². The maximum absolute atomic E-state index is 5.29. The Morgan fingerprint density at radius 2 is 2.29 bits per heavy atom. The van der Waals surface area contributed by atoms with Crippen LogP contribution in [0.25, 0.3) is 10.3 Å². The molecule has 0 fully saturated rings. The van der Waals surface area contributed by atoms with Gasteiger partial charge in [-0.3, -0.25) is 0 Å². The molecule has 0 saturated heterocycles. The summed E-state index contributed by atoms with van der Waals surface area (Å²) in [5.41, 5.74) is 2.09. The molecule has 0 bridgehead atoms. The van der Waals surface area contributed by atoms with Crippen LogP contribution >= 0.6 is 11.3 Å². The van der Waals surface area contributed by atoms with Crippen LogP contribution in [0.15, 0.2) is 12.3 Å². The zero-order valence-corrected chi connectivity index (χ0v) is 9.26. The quantitative estimate of drug-likeness (QED) is 0.761. The smallest absolute Gasteiger partial charge is 0.143 e. The molecule has 0 aromatic carbocycles. The first kappa shape index (κ1) is 9.55. The summed E-state index contributed by atoms with van der Waals surface area (Å²) < 4.78 is 5.29. The van der Waals surface area contributed by atoms with Gasteiger partial charge in [-0.15, -0.1) is 0 Å². The first-order valence-electron chi connectivity index (χ1n) is 4.47. The summed E-state index contributed by atoms with van der Waals surface area (Å²) in [5, 5.41) is 1.04. The normalized spacial score (nSPS) is 13.4. The standard InChI is InChI=1S/C10H12N2OS/c1-6(13-3)8-4-5-11-10-9(8)12-7(2)14-10/h4-6H,1-3H3/t6-/m0/s1. The van der Waals surface area contributed by atoms with Gasteiger partial charge in [0.1, 0.15) is 10.3 Å². The van der Waals surface area contributed by atoms with Crippen LogP contribution in [0.4, 0.5) is 0 Å². The summed E-state index contributed by atoms with van der Waals surface area (Å²) in [4.78, 5) is 9.73. The van der Waals surface area contributed by atoms with Gasteiger partial charge < -0.3 is 4.74 Å². The molecule has 0 aliphatic heterocycles. The van der Waals surface area contributed by atoms with Crippen molar-refractivity contribution in [1.82, 2.24) is 9.97 Å². The van der Waals surface area contributed by atoms with E-state index in [0.29, 0.717) is 0 Å². The Balaban J connectivity index is 2.64. The van der Waals surface area contributed by atoms with Crippen molar-refractivity contribution < 1.29 is 4.74 Å². The van der Waals surface area contributed by atoms with E-state index in [1.807, 2.05) is 26.1 Å². The summed E-state index contributed by atoms with van der Waals surface area (Å²) in [6.07, 6.45) is 1.88. The van der Waals surface area contributed by atoms with Gasteiger partial charge in [0.15, 0.2) is 0 Å². The SMILES string of the molecule is CO[C@@H](C)c1ccnc2sc(C)nc12. The first-order chi connectivity index (χ1) is 6.72. The third kappa shape index (κ3) is 1.51. The van der Waals surface area contributed by atoms with E-state index in [-0.39, 0.29) is 6.10 Å². The number of fused-ring (bicyclic) bond motifs is 1. The van der Waals surface area contributed by atoms with E-state index in [9.17, 15) is 0 Å². The molecule has 74 valence electrons. The highest BCUT2D eigenvalue weighted by molar-refractivity contribution is 7.18. The molecule has 1 atom stereocenters. The third-order valence-electron chi connectivity index (χ3n) is 2.23. The Morgan fingerprint density at radius 1 is 1.50 bits per heavy atom. The zero-order chi connectivity index (χ0) is 10.1. The van der Waals surface area contributed by atoms with Crippen molar-refractivity contribution in [2.45, 2.75) is 20.0 Å². The molecular weight excluding hydrogens is 196 g/mol. The van der Waals surface area contributed by atoms with Crippen molar-refractivity contribution in [2.24, 2.45) is 0 Å². The Labute approximate surface area is 86.8 Å². The second-order valence-electron chi connectivity index (χ2n) is 3.16. The monoisotopic (exact) mass is 208 g/mol. The van der Waals surface area contributed by atoms with Crippen LogP contribution < -0.4 is 0 Å². The van der Waals surface area contributed by atoms with Crippen LogP contribution in [0.3, 0.4) is 0 Å². The molecule has 2 aromatic rings. The summed E-state index contributed by atoms with van der Waals surface area (Å²) in [6.45, 7) is 4.01. The Bertz CT molecular complexity index is 452. The van der Waals surface area contributed by atoms with Crippen LogP contribution in [0.5, 0.6) is 0 Å². The van der Waals surface area contributed by atoms with Gasteiger partial charge in [0.25, 0.3) is 0 Å². The van der Waals surface area contributed by atoms with E-state index in [4.69, 9.17) is 4.74 Å². The van der Waals surface area contributed by atoms with Gasteiger partial charge in [0.2, 0.25) is 0 Å². The van der Waals surface area contributed by atoms with E-state index in [1.165, 1.54) is 0 Å². The van der Waals surface area contributed by atoms with Crippen LogP contribution in [-0.4, -0.2) is 17.1 Å². The van der Waals surface area contributed by atoms with E-state index in [0.717, 1.165) is 20.9 Å². The molecular formula is C10H12N2OS. The molecule has 0 radical (unpaired) electrons. The van der Waals surface area contributed by atoms with Crippen LogP contribution in [0, 0.1) is 6.92 Å². The molecule has 0 unspecified atom stereocenters. The number of hydrogen-bond acceptors (Lipinski definition) is 4. The molecule has 0 aliphatic rings. The molecule has 2 rings (SSSR count). The van der Waals surface area contributed by atoms with Gasteiger partial charge in [-0.1, -0.05) is 11.3 Å². The van der Waals surface area contributed by atoms with E-state index in [1.54, 1.807) is 18.4 Å². The third-order valence-corrected chi connectivity index (χ3v) is 3.11. The summed E-state index contributed by atoms with van der Waals surface area (Å²) >= 11 is 1.62. The second kappa shape index (κ2) is 3.63. The van der Waals surface area contributed by atoms with Crippen molar-refractivity contribution in [3.05, 3.63) is 22.8 Å². The Kier molecular flexibility index (Phi) is 2.48. The minimum absolute atomic E-state index is 0.0713. The summed E-state index contributed by atoms with van der Waals surface area (Å²) in [6, 6.07) is 1.97.